The molecule has 1 saturated carbocycles. The van der Waals surface area contributed by atoms with Gasteiger partial charge in [-0.15, -0.1) is 0 Å². The van der Waals surface area contributed by atoms with Crippen molar-refractivity contribution in [3.05, 3.63) is 35.5 Å². The van der Waals surface area contributed by atoms with E-state index < -0.39 is 6.10 Å². The predicted octanol–water partition coefficient (Wildman–Crippen LogP) is 2.63. The number of carbonyl (C=O) groups excluding carboxylic acids is 2. The second kappa shape index (κ2) is 6.85. The lowest BCUT2D eigenvalue weighted by molar-refractivity contribution is -0.149. The molecule has 2 heterocycles. The van der Waals surface area contributed by atoms with Crippen LogP contribution in [0, 0.1) is 12.8 Å². The summed E-state index contributed by atoms with van der Waals surface area (Å²) in [6, 6.07) is 7.63. The summed E-state index contributed by atoms with van der Waals surface area (Å²) in [5.41, 5.74) is 8.61. The highest BCUT2D eigenvalue weighted by atomic mass is 16.5. The Kier molecular flexibility index (Phi) is 4.54. The maximum absolute atomic E-state index is 12.9. The first-order valence-corrected chi connectivity index (χ1v) is 9.39. The van der Waals surface area contributed by atoms with Gasteiger partial charge in [-0.25, -0.2) is 5.43 Å². The van der Waals surface area contributed by atoms with Gasteiger partial charge in [-0.2, -0.15) is 0 Å². The third-order valence-corrected chi connectivity index (χ3v) is 5.73. The molecular weight excluding hydrogens is 330 g/mol. The van der Waals surface area contributed by atoms with Crippen LogP contribution in [0.4, 0.5) is 0 Å². The van der Waals surface area contributed by atoms with E-state index in [0.29, 0.717) is 11.6 Å². The monoisotopic (exact) mass is 355 g/mol. The van der Waals surface area contributed by atoms with Gasteiger partial charge in [0.25, 0.3) is 0 Å². The molecule has 4 rings (SSSR count). The van der Waals surface area contributed by atoms with E-state index in [0.717, 1.165) is 35.9 Å². The highest BCUT2D eigenvalue weighted by Gasteiger charge is 2.42. The van der Waals surface area contributed by atoms with E-state index in [1.807, 2.05) is 31.2 Å². The van der Waals surface area contributed by atoms with E-state index in [2.05, 4.69) is 15.8 Å². The van der Waals surface area contributed by atoms with Crippen molar-refractivity contribution < 1.29 is 14.3 Å². The summed E-state index contributed by atoms with van der Waals surface area (Å²) in [4.78, 5) is 28.8. The molecule has 1 aromatic carbocycles. The molecule has 4 unspecified atom stereocenters. The van der Waals surface area contributed by atoms with Crippen molar-refractivity contribution in [3.8, 4) is 0 Å². The van der Waals surface area contributed by atoms with Crippen LogP contribution in [0.3, 0.4) is 0 Å². The number of ketones is 1. The summed E-state index contributed by atoms with van der Waals surface area (Å²) in [6.07, 6.45) is 3.59. The van der Waals surface area contributed by atoms with Gasteiger partial charge in [0, 0.05) is 34.1 Å². The molecule has 0 amide bonds. The molecule has 26 heavy (non-hydrogen) atoms. The van der Waals surface area contributed by atoms with E-state index in [-0.39, 0.29) is 23.7 Å². The maximum atomic E-state index is 12.9. The number of carbonyl (C=O) groups is 2. The number of nitrogens with one attached hydrogen (secondary N) is 3. The van der Waals surface area contributed by atoms with Crippen LogP contribution >= 0.6 is 0 Å². The number of aromatic amines is 1. The number of aryl methyl sites for hydroxylation is 1. The summed E-state index contributed by atoms with van der Waals surface area (Å²) in [7, 11) is 0. The van der Waals surface area contributed by atoms with E-state index in [4.69, 9.17) is 4.74 Å². The number of aromatic nitrogens is 1. The van der Waals surface area contributed by atoms with Crippen LogP contribution in [0.25, 0.3) is 10.9 Å². The summed E-state index contributed by atoms with van der Waals surface area (Å²) in [5.74, 6) is -0.266. The van der Waals surface area contributed by atoms with Crippen molar-refractivity contribution in [1.82, 2.24) is 15.8 Å². The first-order chi connectivity index (χ1) is 12.6. The Morgan fingerprint density at radius 1 is 1.15 bits per heavy atom. The van der Waals surface area contributed by atoms with Gasteiger partial charge in [-0.1, -0.05) is 31.0 Å². The molecule has 138 valence electrons. The molecule has 0 radical (unpaired) electrons. The van der Waals surface area contributed by atoms with Gasteiger partial charge in [0.15, 0.2) is 6.10 Å². The SMILES string of the molecule is Cc1[nH]c2ccccc2c1C(=O)C(C)OC(=O)C1NNC2CCCCC21. The van der Waals surface area contributed by atoms with Gasteiger partial charge in [0.05, 0.1) is 0 Å². The third-order valence-electron chi connectivity index (χ3n) is 5.73. The predicted molar refractivity (Wildman–Crippen MR) is 98.7 cm³/mol. The summed E-state index contributed by atoms with van der Waals surface area (Å²) >= 11 is 0. The fourth-order valence-corrected chi connectivity index (χ4v) is 4.37. The van der Waals surface area contributed by atoms with Crippen LogP contribution in [0.1, 0.15) is 48.7 Å². The van der Waals surface area contributed by atoms with Crippen LogP contribution in [0.2, 0.25) is 0 Å². The molecule has 2 aliphatic rings. The summed E-state index contributed by atoms with van der Waals surface area (Å²) in [5, 5.41) is 0.867. The quantitative estimate of drug-likeness (QED) is 0.580. The first-order valence-electron chi connectivity index (χ1n) is 9.39. The van der Waals surface area contributed by atoms with Crippen LogP contribution in [-0.4, -0.2) is 34.9 Å². The highest BCUT2D eigenvalue weighted by Crippen LogP contribution is 2.31. The normalized spacial score (nSPS) is 26.5. The summed E-state index contributed by atoms with van der Waals surface area (Å²) < 4.78 is 5.57. The fraction of sp³-hybridized carbons (Fsp3) is 0.500. The molecule has 2 aromatic rings. The molecule has 6 heteroatoms. The Hall–Kier alpha value is -2.18. The Bertz CT molecular complexity index is 844. The largest absolute Gasteiger partial charge is 0.453 e. The van der Waals surface area contributed by atoms with E-state index in [9.17, 15) is 9.59 Å². The number of esters is 1. The number of hydrogen-bond acceptors (Lipinski definition) is 5. The first kappa shape index (κ1) is 17.2. The molecule has 1 aromatic heterocycles. The van der Waals surface area contributed by atoms with Crippen LogP contribution in [0.15, 0.2) is 24.3 Å². The molecule has 1 aliphatic heterocycles. The number of benzene rings is 1. The lowest BCUT2D eigenvalue weighted by Crippen LogP contribution is -2.42. The second-order valence-electron chi connectivity index (χ2n) is 7.44. The second-order valence-corrected chi connectivity index (χ2v) is 7.44. The van der Waals surface area contributed by atoms with Gasteiger partial charge in [0.1, 0.15) is 6.04 Å². The number of hydrogen-bond donors (Lipinski definition) is 3. The lowest BCUT2D eigenvalue weighted by atomic mass is 9.82. The number of rotatable bonds is 4. The van der Waals surface area contributed by atoms with Crippen molar-refractivity contribution in [2.75, 3.05) is 0 Å². The van der Waals surface area contributed by atoms with Crippen molar-refractivity contribution in [2.24, 2.45) is 5.92 Å². The molecule has 0 bridgehead atoms. The smallest absolute Gasteiger partial charge is 0.325 e. The third kappa shape index (κ3) is 2.93. The van der Waals surface area contributed by atoms with Crippen LogP contribution in [0.5, 0.6) is 0 Å². The Morgan fingerprint density at radius 2 is 1.92 bits per heavy atom. The Balaban J connectivity index is 1.49. The molecule has 1 aliphatic carbocycles. The van der Waals surface area contributed by atoms with Gasteiger partial charge in [0.2, 0.25) is 5.78 Å². The minimum absolute atomic E-state index is 0.167. The minimum Gasteiger partial charge on any atom is -0.453 e. The zero-order chi connectivity index (χ0) is 18.3. The van der Waals surface area contributed by atoms with Crippen molar-refractivity contribution >= 4 is 22.7 Å². The maximum Gasteiger partial charge on any atom is 0.325 e. The Labute approximate surface area is 152 Å². The van der Waals surface area contributed by atoms with E-state index in [1.165, 1.54) is 6.42 Å². The zero-order valence-corrected chi connectivity index (χ0v) is 15.2. The number of Topliss-reactive ketones (excluding diaryl/α,β-unsaturated/α-hetero) is 1. The van der Waals surface area contributed by atoms with Crippen LogP contribution in [-0.2, 0) is 9.53 Å². The Morgan fingerprint density at radius 3 is 2.77 bits per heavy atom. The van der Waals surface area contributed by atoms with Crippen molar-refractivity contribution in [1.29, 1.82) is 0 Å². The van der Waals surface area contributed by atoms with E-state index >= 15 is 0 Å². The lowest BCUT2D eigenvalue weighted by Gasteiger charge is -2.26. The molecule has 3 N–H and O–H groups in total. The molecule has 0 spiro atoms. The molecular formula is C20H25N3O3. The van der Waals surface area contributed by atoms with Crippen LogP contribution < -0.4 is 10.9 Å². The number of hydrazine groups is 1. The number of ether oxygens (including phenoxy) is 1. The molecule has 4 atom stereocenters. The van der Waals surface area contributed by atoms with Gasteiger partial charge >= 0.3 is 5.97 Å². The van der Waals surface area contributed by atoms with Gasteiger partial charge in [-0.3, -0.25) is 15.0 Å². The number of H-pyrrole nitrogens is 1. The zero-order valence-electron chi connectivity index (χ0n) is 15.2. The van der Waals surface area contributed by atoms with E-state index in [1.54, 1.807) is 6.92 Å². The van der Waals surface area contributed by atoms with Gasteiger partial charge < -0.3 is 9.72 Å². The molecule has 2 fully saturated rings. The fourth-order valence-electron chi connectivity index (χ4n) is 4.37. The van der Waals surface area contributed by atoms with Crippen molar-refractivity contribution in [3.63, 3.8) is 0 Å². The number of para-hydroxylation sites is 1. The average molecular weight is 355 g/mol. The standard InChI is InChI=1S/C20H25N3O3/c1-11-17(13-7-3-5-9-15(13)21-11)19(24)12(2)26-20(25)18-14-8-4-6-10-16(14)22-23-18/h3,5,7,9,12,14,16,18,21-23H,4,6,8,10H2,1-2H3. The van der Waals surface area contributed by atoms with Gasteiger partial charge in [-0.05, 0) is 32.8 Å². The van der Waals surface area contributed by atoms with Crippen molar-refractivity contribution in [2.45, 2.75) is 57.7 Å². The molecule has 6 nitrogen and oxygen atoms in total. The minimum atomic E-state index is -0.815. The summed E-state index contributed by atoms with van der Waals surface area (Å²) in [6.45, 7) is 3.53. The molecule has 1 saturated heterocycles. The topological polar surface area (TPSA) is 83.2 Å². The average Bonchev–Trinajstić information content (AvgIpc) is 3.21. The number of fused-ring (bicyclic) bond motifs is 2. The highest BCUT2D eigenvalue weighted by molar-refractivity contribution is 6.11.